The van der Waals surface area contributed by atoms with Crippen LogP contribution in [0.25, 0.3) is 0 Å². The first-order chi connectivity index (χ1) is 23.7. The molecule has 12 heteroatoms. The molecule has 1 aliphatic heterocycles. The summed E-state index contributed by atoms with van der Waals surface area (Å²) in [6.07, 6.45) is 7.92. The largest absolute Gasteiger partial charge is 0.339 e. The number of aryl methyl sites for hydroxylation is 1. The van der Waals surface area contributed by atoms with E-state index in [1.165, 1.54) is 4.68 Å². The summed E-state index contributed by atoms with van der Waals surface area (Å²) in [5.74, 6) is -1.06. The minimum absolute atomic E-state index is 0.0396. The Balaban J connectivity index is 1.27. The van der Waals surface area contributed by atoms with Crippen molar-refractivity contribution in [3.63, 3.8) is 0 Å². The molecule has 2 aromatic carbocycles. The van der Waals surface area contributed by atoms with Crippen LogP contribution in [0.3, 0.4) is 0 Å². The van der Waals surface area contributed by atoms with Crippen molar-refractivity contribution in [2.45, 2.75) is 70.1 Å². The molecule has 3 N–H and O–H groups in total. The lowest BCUT2D eigenvalue weighted by molar-refractivity contribution is -0.140. The predicted molar refractivity (Wildman–Crippen MR) is 189 cm³/mol. The number of rotatable bonds is 12. The Labute approximate surface area is 288 Å². The summed E-state index contributed by atoms with van der Waals surface area (Å²) in [4.78, 5) is 61.6. The van der Waals surface area contributed by atoms with E-state index >= 15 is 0 Å². The van der Waals surface area contributed by atoms with Crippen LogP contribution < -0.4 is 16.0 Å². The zero-order chi connectivity index (χ0) is 34.8. The number of likely N-dealkylation sites (N-methyl/N-ethyl adjacent to an activating group) is 1. The summed E-state index contributed by atoms with van der Waals surface area (Å²) in [5, 5.41) is 12.8. The second-order valence-electron chi connectivity index (χ2n) is 13.0. The van der Waals surface area contributed by atoms with Crippen LogP contribution >= 0.6 is 0 Å². The van der Waals surface area contributed by atoms with Gasteiger partial charge in [0.15, 0.2) is 0 Å². The third-order valence-corrected chi connectivity index (χ3v) is 9.43. The standard InChI is InChI=1S/C37H48N8O4/c1-4-32(46)41-34(37(49)45-22-21-43(2)25-30(45)23-26-11-7-5-8-12-26)38-24-27-15-17-29(18-16-27)40-36(48)33(28-13-9-6-10-14-28)42-35(47)31-19-20-39-44(31)3/h5,7-8,11-12,15-20,24,28,30,33-34H,4,6,9-10,13-14,21-23,25H2,1-3H3,(H,40,48)(H,41,46)(H,42,47)/t30-,33-,34?/m0/s1. The Morgan fingerprint density at radius 2 is 1.67 bits per heavy atom. The van der Waals surface area contributed by atoms with Gasteiger partial charge in [-0.15, -0.1) is 0 Å². The average Bonchev–Trinajstić information content (AvgIpc) is 3.55. The van der Waals surface area contributed by atoms with Gasteiger partial charge in [0.25, 0.3) is 11.8 Å². The second kappa shape index (κ2) is 17.0. The molecule has 49 heavy (non-hydrogen) atoms. The third kappa shape index (κ3) is 9.62. The van der Waals surface area contributed by atoms with Crippen molar-refractivity contribution in [1.82, 2.24) is 30.2 Å². The highest BCUT2D eigenvalue weighted by atomic mass is 16.2. The Hall–Kier alpha value is -4.84. The maximum Gasteiger partial charge on any atom is 0.270 e. The third-order valence-electron chi connectivity index (χ3n) is 9.43. The minimum atomic E-state index is -1.06. The molecule has 0 radical (unpaired) electrons. The summed E-state index contributed by atoms with van der Waals surface area (Å²) in [5.41, 5.74) is 2.81. The van der Waals surface area contributed by atoms with Gasteiger partial charge in [-0.1, -0.05) is 68.7 Å². The zero-order valence-electron chi connectivity index (χ0n) is 28.7. The summed E-state index contributed by atoms with van der Waals surface area (Å²) in [7, 11) is 3.75. The predicted octanol–water partition coefficient (Wildman–Crippen LogP) is 3.39. The van der Waals surface area contributed by atoms with E-state index in [0.717, 1.165) is 50.8 Å². The molecule has 1 unspecified atom stereocenters. The Kier molecular flexibility index (Phi) is 12.3. The molecule has 1 saturated carbocycles. The van der Waals surface area contributed by atoms with E-state index in [2.05, 4.69) is 50.1 Å². The van der Waals surface area contributed by atoms with Crippen LogP contribution in [0, 0.1) is 5.92 Å². The van der Waals surface area contributed by atoms with Crippen molar-refractivity contribution in [2.75, 3.05) is 32.0 Å². The molecule has 0 spiro atoms. The molecule has 1 saturated heterocycles. The smallest absolute Gasteiger partial charge is 0.270 e. The number of aliphatic imine (C=N–C) groups is 1. The maximum atomic E-state index is 13.9. The number of amides is 4. The lowest BCUT2D eigenvalue weighted by atomic mass is 9.83. The Morgan fingerprint density at radius 1 is 0.939 bits per heavy atom. The summed E-state index contributed by atoms with van der Waals surface area (Å²) in [6.45, 7) is 3.74. The molecular formula is C37H48N8O4. The highest BCUT2D eigenvalue weighted by Crippen LogP contribution is 2.27. The molecule has 1 aliphatic carbocycles. The van der Waals surface area contributed by atoms with E-state index in [9.17, 15) is 19.2 Å². The highest BCUT2D eigenvalue weighted by molar-refractivity contribution is 6.01. The van der Waals surface area contributed by atoms with E-state index in [4.69, 9.17) is 0 Å². The molecule has 3 atom stereocenters. The monoisotopic (exact) mass is 668 g/mol. The van der Waals surface area contributed by atoms with Crippen LogP contribution in [0.15, 0.2) is 71.9 Å². The maximum absolute atomic E-state index is 13.9. The molecule has 0 bridgehead atoms. The first kappa shape index (κ1) is 35.5. The average molecular weight is 669 g/mol. The fourth-order valence-electron chi connectivity index (χ4n) is 6.65. The fraction of sp³-hybridized carbons (Fsp3) is 0.459. The molecule has 1 aromatic heterocycles. The normalized spacial score (nSPS) is 18.5. The number of hydrogen-bond acceptors (Lipinski definition) is 7. The second-order valence-corrected chi connectivity index (χ2v) is 13.0. The molecule has 2 aliphatic rings. The number of benzene rings is 2. The number of anilines is 1. The Bertz CT molecular complexity index is 1600. The van der Waals surface area contributed by atoms with E-state index in [1.54, 1.807) is 56.7 Å². The van der Waals surface area contributed by atoms with Gasteiger partial charge in [0.05, 0.1) is 0 Å². The number of aromatic nitrogens is 2. The molecule has 5 rings (SSSR count). The van der Waals surface area contributed by atoms with Gasteiger partial charge in [-0.25, -0.2) is 0 Å². The number of carbonyl (C=O) groups is 4. The van der Waals surface area contributed by atoms with Gasteiger partial charge in [-0.2, -0.15) is 5.10 Å². The van der Waals surface area contributed by atoms with Crippen molar-refractivity contribution < 1.29 is 19.2 Å². The van der Waals surface area contributed by atoms with Gasteiger partial charge in [-0.3, -0.25) is 28.9 Å². The zero-order valence-corrected chi connectivity index (χ0v) is 28.7. The minimum Gasteiger partial charge on any atom is -0.339 e. The van der Waals surface area contributed by atoms with Gasteiger partial charge in [0.2, 0.25) is 18.0 Å². The summed E-state index contributed by atoms with van der Waals surface area (Å²) in [6, 6.07) is 18.1. The van der Waals surface area contributed by atoms with Crippen molar-refractivity contribution >= 4 is 35.5 Å². The molecule has 260 valence electrons. The van der Waals surface area contributed by atoms with Crippen LogP contribution in [-0.2, 0) is 27.9 Å². The van der Waals surface area contributed by atoms with Crippen LogP contribution in [-0.4, -0.2) is 94.4 Å². The number of hydrogen-bond donors (Lipinski definition) is 3. The van der Waals surface area contributed by atoms with E-state index in [0.29, 0.717) is 29.9 Å². The van der Waals surface area contributed by atoms with Crippen molar-refractivity contribution in [3.8, 4) is 0 Å². The van der Waals surface area contributed by atoms with Crippen LogP contribution in [0.1, 0.15) is 67.1 Å². The fourth-order valence-corrected chi connectivity index (χ4v) is 6.65. The van der Waals surface area contributed by atoms with Gasteiger partial charge in [0.1, 0.15) is 11.7 Å². The van der Waals surface area contributed by atoms with Gasteiger partial charge < -0.3 is 25.8 Å². The first-order valence-electron chi connectivity index (χ1n) is 17.3. The van der Waals surface area contributed by atoms with E-state index in [-0.39, 0.29) is 42.0 Å². The first-order valence-corrected chi connectivity index (χ1v) is 17.3. The van der Waals surface area contributed by atoms with Crippen LogP contribution in [0.5, 0.6) is 0 Å². The van der Waals surface area contributed by atoms with Gasteiger partial charge >= 0.3 is 0 Å². The van der Waals surface area contributed by atoms with Crippen molar-refractivity contribution in [1.29, 1.82) is 0 Å². The van der Waals surface area contributed by atoms with Crippen molar-refractivity contribution in [2.24, 2.45) is 18.0 Å². The number of carbonyl (C=O) groups excluding carboxylic acids is 4. The summed E-state index contributed by atoms with van der Waals surface area (Å²) >= 11 is 0. The molecule has 2 heterocycles. The number of nitrogens with zero attached hydrogens (tertiary/aromatic N) is 5. The molecular weight excluding hydrogens is 620 g/mol. The van der Waals surface area contributed by atoms with E-state index in [1.807, 2.05) is 23.1 Å². The number of piperazine rings is 1. The topological polar surface area (TPSA) is 141 Å². The van der Waals surface area contributed by atoms with Gasteiger partial charge in [-0.05, 0) is 61.6 Å². The Morgan fingerprint density at radius 3 is 2.35 bits per heavy atom. The molecule has 2 fully saturated rings. The number of nitrogens with one attached hydrogen (secondary N) is 3. The quantitative estimate of drug-likeness (QED) is 0.253. The highest BCUT2D eigenvalue weighted by Gasteiger charge is 2.34. The van der Waals surface area contributed by atoms with Crippen LogP contribution in [0.4, 0.5) is 5.69 Å². The molecule has 12 nitrogen and oxygen atoms in total. The van der Waals surface area contributed by atoms with E-state index < -0.39 is 12.2 Å². The molecule has 4 amide bonds. The van der Waals surface area contributed by atoms with Crippen LogP contribution in [0.2, 0.25) is 0 Å². The van der Waals surface area contributed by atoms with Crippen molar-refractivity contribution in [3.05, 3.63) is 83.7 Å². The summed E-state index contributed by atoms with van der Waals surface area (Å²) < 4.78 is 1.49. The van der Waals surface area contributed by atoms with Gasteiger partial charge in [0, 0.05) is 57.2 Å². The SMILES string of the molecule is CCC(=O)NC(N=Cc1ccc(NC(=O)[C@@H](NC(=O)c2ccnn2C)C2CCCCC2)cc1)C(=O)N1CCN(C)C[C@@H]1Cc1ccccc1. The lowest BCUT2D eigenvalue weighted by Crippen LogP contribution is -2.59. The lowest BCUT2D eigenvalue weighted by Gasteiger charge is -2.41. The molecule has 3 aromatic rings.